The largest absolute Gasteiger partial charge is 0.359 e. The average Bonchev–Trinajstić information content (AvgIpc) is 2.11. The molecule has 2 nitrogen and oxygen atoms in total. The Morgan fingerprint density at radius 1 is 1.44 bits per heavy atom. The fourth-order valence-corrected chi connectivity index (χ4v) is 1.78. The van der Waals surface area contributed by atoms with Crippen LogP contribution in [0.2, 0.25) is 0 Å². The Bertz CT molecular complexity index is 103. The van der Waals surface area contributed by atoms with Gasteiger partial charge >= 0.3 is 0 Å². The monoisotopic (exact) mass is 127 g/mol. The fraction of sp³-hybridized carbons (Fsp3) is 1.00. The molecule has 1 N–H and O–H groups in total. The zero-order valence-corrected chi connectivity index (χ0v) is 5.76. The third-order valence-corrected chi connectivity index (χ3v) is 2.21. The molecule has 0 saturated carbocycles. The van der Waals surface area contributed by atoms with Crippen molar-refractivity contribution in [2.75, 3.05) is 6.54 Å². The van der Waals surface area contributed by atoms with Gasteiger partial charge < -0.3 is 4.74 Å². The number of fused-ring (bicyclic) bond motifs is 2. The first kappa shape index (κ1) is 5.69. The molecule has 0 aromatic heterocycles. The molecule has 2 fully saturated rings. The molecule has 3 atom stereocenters. The highest BCUT2D eigenvalue weighted by molar-refractivity contribution is 4.82. The minimum Gasteiger partial charge on any atom is -0.359 e. The molecule has 2 heteroatoms. The second-order valence-electron chi connectivity index (χ2n) is 3.23. The molecule has 0 spiro atoms. The smallest absolute Gasteiger partial charge is 0.108 e. The van der Waals surface area contributed by atoms with Crippen LogP contribution in [0, 0.1) is 5.92 Å². The van der Waals surface area contributed by atoms with Crippen molar-refractivity contribution in [3.05, 3.63) is 0 Å². The van der Waals surface area contributed by atoms with Gasteiger partial charge in [-0.25, -0.2) is 0 Å². The summed E-state index contributed by atoms with van der Waals surface area (Å²) in [5.41, 5.74) is 0. The van der Waals surface area contributed by atoms with Gasteiger partial charge in [0.15, 0.2) is 0 Å². The van der Waals surface area contributed by atoms with E-state index in [0.717, 1.165) is 12.5 Å². The van der Waals surface area contributed by atoms with Gasteiger partial charge in [0, 0.05) is 6.54 Å². The second kappa shape index (κ2) is 1.96. The molecule has 2 aliphatic heterocycles. The minimum absolute atomic E-state index is 0.388. The van der Waals surface area contributed by atoms with Crippen LogP contribution < -0.4 is 5.32 Å². The van der Waals surface area contributed by atoms with Gasteiger partial charge in [-0.3, -0.25) is 5.32 Å². The number of rotatable bonds is 0. The fourth-order valence-electron chi connectivity index (χ4n) is 1.78. The Hall–Kier alpha value is -0.0800. The van der Waals surface area contributed by atoms with E-state index in [9.17, 15) is 0 Å². The van der Waals surface area contributed by atoms with Crippen molar-refractivity contribution in [3.8, 4) is 0 Å². The topological polar surface area (TPSA) is 21.3 Å². The third-order valence-electron chi connectivity index (χ3n) is 2.21. The summed E-state index contributed by atoms with van der Waals surface area (Å²) in [6.45, 7) is 3.38. The van der Waals surface area contributed by atoms with Gasteiger partial charge in [-0.1, -0.05) is 6.92 Å². The van der Waals surface area contributed by atoms with Gasteiger partial charge in [0.2, 0.25) is 0 Å². The summed E-state index contributed by atoms with van der Waals surface area (Å²) in [5, 5.41) is 3.33. The van der Waals surface area contributed by atoms with E-state index in [1.165, 1.54) is 12.8 Å². The standard InChI is InChI=1S/C7H13NO/c1-5-2-6-4-8-7(3-5)9-6/h5-8H,2-4H2,1H3/t5-,6+,7-/m0/s1. The molecular formula is C7H13NO. The molecule has 52 valence electrons. The van der Waals surface area contributed by atoms with Crippen molar-refractivity contribution in [3.63, 3.8) is 0 Å². The first-order valence-electron chi connectivity index (χ1n) is 3.73. The molecule has 2 heterocycles. The molecule has 2 aliphatic rings. The summed E-state index contributed by atoms with van der Waals surface area (Å²) in [6.07, 6.45) is 3.37. The van der Waals surface area contributed by atoms with E-state index < -0.39 is 0 Å². The van der Waals surface area contributed by atoms with E-state index in [1.54, 1.807) is 0 Å². The van der Waals surface area contributed by atoms with Gasteiger partial charge in [0.05, 0.1) is 6.10 Å². The molecule has 2 saturated heterocycles. The molecule has 2 rings (SSSR count). The summed E-state index contributed by atoms with van der Waals surface area (Å²) in [7, 11) is 0. The predicted molar refractivity (Wildman–Crippen MR) is 35.1 cm³/mol. The number of ether oxygens (including phenoxy) is 1. The van der Waals surface area contributed by atoms with E-state index in [-0.39, 0.29) is 0 Å². The van der Waals surface area contributed by atoms with Crippen LogP contribution in [-0.2, 0) is 4.74 Å². The van der Waals surface area contributed by atoms with Crippen molar-refractivity contribution in [1.29, 1.82) is 0 Å². The van der Waals surface area contributed by atoms with Gasteiger partial charge in [-0.2, -0.15) is 0 Å². The second-order valence-corrected chi connectivity index (χ2v) is 3.23. The SMILES string of the molecule is C[C@H]1C[C@@H]2CN[C@H](C1)O2. The van der Waals surface area contributed by atoms with Crippen LogP contribution in [-0.4, -0.2) is 18.9 Å². The minimum atomic E-state index is 0.388. The maximum absolute atomic E-state index is 5.56. The molecule has 0 amide bonds. The highest BCUT2D eigenvalue weighted by atomic mass is 16.5. The number of hydrogen-bond acceptors (Lipinski definition) is 2. The van der Waals surface area contributed by atoms with E-state index >= 15 is 0 Å². The van der Waals surface area contributed by atoms with Gasteiger partial charge in [-0.05, 0) is 18.8 Å². The number of nitrogens with one attached hydrogen (secondary N) is 1. The van der Waals surface area contributed by atoms with Crippen molar-refractivity contribution in [2.45, 2.75) is 32.1 Å². The Balaban J connectivity index is 2.03. The zero-order chi connectivity index (χ0) is 6.27. The van der Waals surface area contributed by atoms with Crippen molar-refractivity contribution >= 4 is 0 Å². The molecule has 0 aromatic rings. The maximum Gasteiger partial charge on any atom is 0.108 e. The Morgan fingerprint density at radius 3 is 3.11 bits per heavy atom. The first-order chi connectivity index (χ1) is 4.34. The van der Waals surface area contributed by atoms with Crippen LogP contribution in [0.25, 0.3) is 0 Å². The maximum atomic E-state index is 5.56. The predicted octanol–water partition coefficient (Wildman–Crippen LogP) is 0.731. The summed E-state index contributed by atoms with van der Waals surface area (Å²) in [6, 6.07) is 0. The Labute approximate surface area is 55.6 Å². The Kier molecular flexibility index (Phi) is 1.24. The van der Waals surface area contributed by atoms with Gasteiger partial charge in [0.1, 0.15) is 6.23 Å². The van der Waals surface area contributed by atoms with Gasteiger partial charge in [0.25, 0.3) is 0 Å². The summed E-state index contributed by atoms with van der Waals surface area (Å²) < 4.78 is 5.56. The molecular weight excluding hydrogens is 114 g/mol. The van der Waals surface area contributed by atoms with Crippen LogP contribution in [0.5, 0.6) is 0 Å². The lowest BCUT2D eigenvalue weighted by atomic mass is 9.99. The first-order valence-corrected chi connectivity index (χ1v) is 3.73. The van der Waals surface area contributed by atoms with Crippen LogP contribution in [0.4, 0.5) is 0 Å². The van der Waals surface area contributed by atoms with Crippen LogP contribution in [0.15, 0.2) is 0 Å². The summed E-state index contributed by atoms with van der Waals surface area (Å²) >= 11 is 0. The average molecular weight is 127 g/mol. The van der Waals surface area contributed by atoms with E-state index in [4.69, 9.17) is 4.74 Å². The van der Waals surface area contributed by atoms with Gasteiger partial charge in [-0.15, -0.1) is 0 Å². The Morgan fingerprint density at radius 2 is 2.33 bits per heavy atom. The highest BCUT2D eigenvalue weighted by Gasteiger charge is 2.32. The molecule has 2 bridgehead atoms. The zero-order valence-electron chi connectivity index (χ0n) is 5.76. The third kappa shape index (κ3) is 0.970. The molecule has 9 heavy (non-hydrogen) atoms. The summed E-state index contributed by atoms with van der Waals surface area (Å²) in [5.74, 6) is 0.865. The van der Waals surface area contributed by atoms with Crippen LogP contribution >= 0.6 is 0 Å². The molecule has 0 aromatic carbocycles. The molecule has 0 unspecified atom stereocenters. The highest BCUT2D eigenvalue weighted by Crippen LogP contribution is 2.26. The lowest BCUT2D eigenvalue weighted by Crippen LogP contribution is -2.27. The van der Waals surface area contributed by atoms with Crippen molar-refractivity contribution in [1.82, 2.24) is 5.32 Å². The van der Waals surface area contributed by atoms with Crippen molar-refractivity contribution in [2.24, 2.45) is 5.92 Å². The molecule has 0 aliphatic carbocycles. The lowest BCUT2D eigenvalue weighted by Gasteiger charge is -2.23. The van der Waals surface area contributed by atoms with Crippen LogP contribution in [0.3, 0.4) is 0 Å². The van der Waals surface area contributed by atoms with E-state index in [0.29, 0.717) is 12.3 Å². The number of hydrogen-bond donors (Lipinski definition) is 1. The van der Waals surface area contributed by atoms with E-state index in [2.05, 4.69) is 12.2 Å². The van der Waals surface area contributed by atoms with Crippen molar-refractivity contribution < 1.29 is 4.74 Å². The van der Waals surface area contributed by atoms with Crippen LogP contribution in [0.1, 0.15) is 19.8 Å². The molecule has 0 radical (unpaired) electrons. The lowest BCUT2D eigenvalue weighted by molar-refractivity contribution is -0.0182. The summed E-state index contributed by atoms with van der Waals surface area (Å²) in [4.78, 5) is 0. The normalized spacial score (nSPS) is 49.7. The quantitative estimate of drug-likeness (QED) is 0.518. The van der Waals surface area contributed by atoms with E-state index in [1.807, 2.05) is 0 Å².